The van der Waals surface area contributed by atoms with Crippen LogP contribution in [0.15, 0.2) is 24.3 Å². The Kier molecular flexibility index (Phi) is 5.50. The van der Waals surface area contributed by atoms with Crippen LogP contribution in [0.2, 0.25) is 0 Å². The lowest BCUT2D eigenvalue weighted by Gasteiger charge is -2.18. The molecule has 0 unspecified atom stereocenters. The van der Waals surface area contributed by atoms with Crippen LogP contribution in [0.5, 0.6) is 0 Å². The molecule has 0 bridgehead atoms. The van der Waals surface area contributed by atoms with Gasteiger partial charge in [-0.3, -0.25) is 0 Å². The van der Waals surface area contributed by atoms with Crippen molar-refractivity contribution in [3.8, 4) is 0 Å². The van der Waals surface area contributed by atoms with Gasteiger partial charge in [-0.05, 0) is 11.6 Å². The van der Waals surface area contributed by atoms with Crippen LogP contribution in [0.3, 0.4) is 0 Å². The Morgan fingerprint density at radius 1 is 1.09 bits per heavy atom. The second-order valence-corrected chi connectivity index (χ2v) is 6.83. The number of sulfonamides is 1. The third-order valence-electron chi connectivity index (χ3n) is 2.78. The number of alkyl halides is 6. The predicted octanol–water partition coefficient (Wildman–Crippen LogP) is 3.42. The van der Waals surface area contributed by atoms with Gasteiger partial charge in [-0.25, -0.2) is 12.7 Å². The van der Waals surface area contributed by atoms with E-state index in [1.165, 1.54) is 6.07 Å². The maximum absolute atomic E-state index is 12.5. The molecule has 0 atom stereocenters. The van der Waals surface area contributed by atoms with Crippen molar-refractivity contribution in [2.45, 2.75) is 25.3 Å². The number of nitrogens with zero attached hydrogens (tertiary/aromatic N) is 1. The average Bonchev–Trinajstić information content (AvgIpc) is 2.35. The first kappa shape index (κ1) is 18.8. The molecule has 3 nitrogen and oxygen atoms in total. The molecule has 10 heteroatoms. The predicted molar refractivity (Wildman–Crippen MR) is 67.4 cm³/mol. The van der Waals surface area contributed by atoms with Crippen molar-refractivity contribution in [1.29, 1.82) is 0 Å². The molecule has 0 spiro atoms. The second-order valence-electron chi connectivity index (χ2n) is 4.64. The van der Waals surface area contributed by atoms with E-state index in [9.17, 15) is 34.8 Å². The van der Waals surface area contributed by atoms with Crippen molar-refractivity contribution >= 4 is 10.0 Å². The fourth-order valence-electron chi connectivity index (χ4n) is 1.60. The molecule has 0 radical (unpaired) electrons. The number of rotatable bonds is 5. The van der Waals surface area contributed by atoms with Gasteiger partial charge in [0.25, 0.3) is 0 Å². The summed E-state index contributed by atoms with van der Waals surface area (Å²) in [6.07, 6.45) is -10.7. The monoisotopic (exact) mass is 349 g/mol. The lowest BCUT2D eigenvalue weighted by Crippen LogP contribution is -2.30. The molecule has 126 valence electrons. The Bertz CT molecular complexity index is 609. The molecule has 0 saturated heterocycles. The first-order valence-electron chi connectivity index (χ1n) is 5.98. The van der Waals surface area contributed by atoms with Gasteiger partial charge in [0.05, 0.1) is 17.7 Å². The van der Waals surface area contributed by atoms with Gasteiger partial charge in [0.1, 0.15) is 0 Å². The van der Waals surface area contributed by atoms with Gasteiger partial charge in [-0.1, -0.05) is 18.2 Å². The third kappa shape index (κ3) is 5.84. The zero-order valence-electron chi connectivity index (χ0n) is 11.4. The largest absolute Gasteiger partial charge is 0.416 e. The molecule has 0 aliphatic rings. The average molecular weight is 349 g/mol. The van der Waals surface area contributed by atoms with Crippen LogP contribution in [-0.4, -0.2) is 31.7 Å². The smallest absolute Gasteiger partial charge is 0.212 e. The number of benzene rings is 1. The maximum atomic E-state index is 12.5. The van der Waals surface area contributed by atoms with Gasteiger partial charge in [0.15, 0.2) is 0 Å². The van der Waals surface area contributed by atoms with E-state index in [1.807, 2.05) is 0 Å². The summed E-state index contributed by atoms with van der Waals surface area (Å²) in [6.45, 7) is -0.440. The van der Waals surface area contributed by atoms with Crippen LogP contribution in [0.1, 0.15) is 17.5 Å². The van der Waals surface area contributed by atoms with Gasteiger partial charge >= 0.3 is 12.4 Å². The number of hydrogen-bond acceptors (Lipinski definition) is 2. The Morgan fingerprint density at radius 2 is 1.68 bits per heavy atom. The van der Waals surface area contributed by atoms with Crippen LogP contribution in [0.25, 0.3) is 0 Å². The first-order valence-corrected chi connectivity index (χ1v) is 7.59. The quantitative estimate of drug-likeness (QED) is 0.764. The molecule has 0 saturated carbocycles. The van der Waals surface area contributed by atoms with E-state index in [1.54, 1.807) is 0 Å². The Morgan fingerprint density at radius 3 is 2.18 bits per heavy atom. The molecule has 0 aliphatic carbocycles. The molecule has 0 heterocycles. The summed E-state index contributed by atoms with van der Waals surface area (Å²) in [6, 6.07) is 3.96. The summed E-state index contributed by atoms with van der Waals surface area (Å²) in [5, 5.41) is 0. The van der Waals surface area contributed by atoms with E-state index in [0.29, 0.717) is 4.31 Å². The van der Waals surface area contributed by atoms with E-state index in [2.05, 4.69) is 0 Å². The number of hydrogen-bond donors (Lipinski definition) is 0. The zero-order valence-corrected chi connectivity index (χ0v) is 12.2. The highest BCUT2D eigenvalue weighted by molar-refractivity contribution is 7.89. The fraction of sp³-hybridized carbons (Fsp3) is 0.500. The summed E-state index contributed by atoms with van der Waals surface area (Å²) in [4.78, 5) is 0. The van der Waals surface area contributed by atoms with Crippen LogP contribution >= 0.6 is 0 Å². The second kappa shape index (κ2) is 6.45. The first-order chi connectivity index (χ1) is 9.81. The summed E-state index contributed by atoms with van der Waals surface area (Å²) < 4.78 is 97.7. The van der Waals surface area contributed by atoms with Gasteiger partial charge in [-0.2, -0.15) is 26.3 Å². The van der Waals surface area contributed by atoms with Gasteiger partial charge in [-0.15, -0.1) is 0 Å². The van der Waals surface area contributed by atoms with Crippen LogP contribution in [0, 0.1) is 0 Å². The van der Waals surface area contributed by atoms with E-state index in [0.717, 1.165) is 25.2 Å². The van der Waals surface area contributed by atoms with E-state index >= 15 is 0 Å². The summed E-state index contributed by atoms with van der Waals surface area (Å²) in [5.74, 6) is -1.15. The van der Waals surface area contributed by atoms with Crippen molar-refractivity contribution in [3.63, 3.8) is 0 Å². The maximum Gasteiger partial charge on any atom is 0.416 e. The lowest BCUT2D eigenvalue weighted by atomic mass is 10.1. The molecular weight excluding hydrogens is 336 g/mol. The summed E-state index contributed by atoms with van der Waals surface area (Å²) in [7, 11) is -3.19. The van der Waals surface area contributed by atoms with Crippen molar-refractivity contribution < 1.29 is 34.8 Å². The molecule has 0 amide bonds. The van der Waals surface area contributed by atoms with Crippen molar-refractivity contribution in [1.82, 2.24) is 4.31 Å². The van der Waals surface area contributed by atoms with Crippen molar-refractivity contribution in [3.05, 3.63) is 35.4 Å². The van der Waals surface area contributed by atoms with E-state index in [4.69, 9.17) is 0 Å². The molecule has 0 aromatic heterocycles. The van der Waals surface area contributed by atoms with Gasteiger partial charge in [0, 0.05) is 13.6 Å². The Labute approximate surface area is 123 Å². The van der Waals surface area contributed by atoms with E-state index < -0.39 is 46.7 Å². The van der Waals surface area contributed by atoms with Crippen molar-refractivity contribution in [2.75, 3.05) is 12.8 Å². The molecule has 0 aliphatic heterocycles. The SMILES string of the molecule is CN(Cc1cccc(C(F)(F)F)c1)S(=O)(=O)CCC(F)(F)F. The molecule has 1 aromatic rings. The fourth-order valence-corrected chi connectivity index (χ4v) is 2.75. The molecule has 1 rings (SSSR count). The molecular formula is C12H13F6NO2S. The zero-order chi connectivity index (χ0) is 17.2. The molecule has 1 aromatic carbocycles. The third-order valence-corrected chi connectivity index (χ3v) is 4.58. The minimum Gasteiger partial charge on any atom is -0.212 e. The molecule has 0 fully saturated rings. The molecule has 22 heavy (non-hydrogen) atoms. The van der Waals surface area contributed by atoms with Gasteiger partial charge in [0.2, 0.25) is 10.0 Å². The Balaban J connectivity index is 2.82. The Hall–Kier alpha value is -1.29. The highest BCUT2D eigenvalue weighted by atomic mass is 32.2. The number of halogens is 6. The van der Waals surface area contributed by atoms with Crippen LogP contribution in [0.4, 0.5) is 26.3 Å². The topological polar surface area (TPSA) is 37.4 Å². The summed E-state index contributed by atoms with van der Waals surface area (Å²) >= 11 is 0. The highest BCUT2D eigenvalue weighted by Crippen LogP contribution is 2.30. The normalized spacial score (nSPS) is 13.6. The highest BCUT2D eigenvalue weighted by Gasteiger charge is 2.32. The van der Waals surface area contributed by atoms with E-state index in [-0.39, 0.29) is 5.56 Å². The van der Waals surface area contributed by atoms with Crippen molar-refractivity contribution in [2.24, 2.45) is 0 Å². The summed E-state index contributed by atoms with van der Waals surface area (Å²) in [5.41, 5.74) is -0.918. The van der Waals surface area contributed by atoms with Gasteiger partial charge < -0.3 is 0 Å². The molecule has 0 N–H and O–H groups in total. The minimum atomic E-state index is -4.62. The van der Waals surface area contributed by atoms with Crippen LogP contribution < -0.4 is 0 Å². The van der Waals surface area contributed by atoms with Crippen LogP contribution in [-0.2, 0) is 22.7 Å². The standard InChI is InChI=1S/C12H13F6NO2S/c1-19(22(20,21)6-5-11(13,14)15)8-9-3-2-4-10(7-9)12(16,17)18/h2-4,7H,5-6,8H2,1H3. The minimum absolute atomic E-state index is 0.0351. The lowest BCUT2D eigenvalue weighted by molar-refractivity contribution is -0.137.